The summed E-state index contributed by atoms with van der Waals surface area (Å²) >= 11 is 5.03. The minimum absolute atomic E-state index is 0.0463. The highest BCUT2D eigenvalue weighted by Crippen LogP contribution is 2.15. The second-order valence-corrected chi connectivity index (χ2v) is 5.51. The molecule has 0 heterocycles. The van der Waals surface area contributed by atoms with E-state index in [0.717, 1.165) is 22.5 Å². The Morgan fingerprint density at radius 1 is 1.50 bits per heavy atom. The van der Waals surface area contributed by atoms with Crippen LogP contribution in [0.1, 0.15) is 0 Å². The van der Waals surface area contributed by atoms with Gasteiger partial charge in [0.15, 0.2) is 0 Å². The first-order chi connectivity index (χ1) is 8.72. The topological polar surface area (TPSA) is 41.1 Å². The third-order valence-electron chi connectivity index (χ3n) is 2.00. The molecule has 0 aliphatic carbocycles. The molecule has 0 atom stereocenters. The first-order valence-electron chi connectivity index (χ1n) is 5.49. The van der Waals surface area contributed by atoms with Gasteiger partial charge in [0.25, 0.3) is 0 Å². The molecule has 0 saturated carbocycles. The van der Waals surface area contributed by atoms with Crippen molar-refractivity contribution in [1.82, 2.24) is 5.32 Å². The van der Waals surface area contributed by atoms with Gasteiger partial charge in [-0.1, -0.05) is 27.9 Å². The first-order valence-corrected chi connectivity index (χ1v) is 7.44. The summed E-state index contributed by atoms with van der Waals surface area (Å²) < 4.78 is 0.943. The fraction of sp³-hybridized carbons (Fsp3) is 0.308. The number of carbonyl (C=O) groups excluding carboxylic acids is 1. The van der Waals surface area contributed by atoms with E-state index in [1.807, 2.05) is 24.3 Å². The van der Waals surface area contributed by atoms with E-state index in [2.05, 4.69) is 32.5 Å². The van der Waals surface area contributed by atoms with Crippen LogP contribution in [0, 0.1) is 12.3 Å². The van der Waals surface area contributed by atoms with Gasteiger partial charge in [-0.05, 0) is 18.2 Å². The molecule has 5 heteroatoms. The Kier molecular flexibility index (Phi) is 7.58. The first kappa shape index (κ1) is 15.1. The standard InChI is InChI=1S/C13H15BrN2OS/c1-2-7-18-8-6-15-10-13(17)16-12-5-3-4-11(14)9-12/h1,3-5,9,15H,6-8,10H2,(H,16,17). The van der Waals surface area contributed by atoms with Gasteiger partial charge in [0, 0.05) is 22.5 Å². The number of benzene rings is 1. The number of hydrogen-bond donors (Lipinski definition) is 2. The molecular weight excluding hydrogens is 312 g/mol. The fourth-order valence-electron chi connectivity index (χ4n) is 1.25. The summed E-state index contributed by atoms with van der Waals surface area (Å²) in [7, 11) is 0. The molecule has 0 unspecified atom stereocenters. The smallest absolute Gasteiger partial charge is 0.238 e. The summed E-state index contributed by atoms with van der Waals surface area (Å²) in [5, 5.41) is 5.88. The average Bonchev–Trinajstić information content (AvgIpc) is 2.33. The predicted molar refractivity (Wildman–Crippen MR) is 81.8 cm³/mol. The van der Waals surface area contributed by atoms with Gasteiger partial charge in [-0.25, -0.2) is 0 Å². The van der Waals surface area contributed by atoms with Crippen molar-refractivity contribution >= 4 is 39.3 Å². The van der Waals surface area contributed by atoms with Gasteiger partial charge in [0.1, 0.15) is 0 Å². The van der Waals surface area contributed by atoms with Crippen molar-refractivity contribution in [2.75, 3.05) is 29.9 Å². The molecule has 1 aromatic carbocycles. The van der Waals surface area contributed by atoms with Crippen LogP contribution in [0.25, 0.3) is 0 Å². The minimum atomic E-state index is -0.0463. The molecule has 3 nitrogen and oxygen atoms in total. The van der Waals surface area contributed by atoms with Crippen LogP contribution in [0.15, 0.2) is 28.7 Å². The molecule has 0 fully saturated rings. The molecule has 0 radical (unpaired) electrons. The fourth-order valence-corrected chi connectivity index (χ4v) is 2.20. The number of halogens is 1. The summed E-state index contributed by atoms with van der Waals surface area (Å²) in [6, 6.07) is 7.51. The van der Waals surface area contributed by atoms with Crippen molar-refractivity contribution < 1.29 is 4.79 Å². The molecule has 0 bridgehead atoms. The largest absolute Gasteiger partial charge is 0.325 e. The number of hydrogen-bond acceptors (Lipinski definition) is 3. The Bertz CT molecular complexity index is 431. The van der Waals surface area contributed by atoms with Crippen LogP contribution >= 0.6 is 27.7 Å². The van der Waals surface area contributed by atoms with Crippen LogP contribution < -0.4 is 10.6 Å². The van der Waals surface area contributed by atoms with Crippen LogP contribution in [-0.2, 0) is 4.79 Å². The maximum atomic E-state index is 11.6. The van der Waals surface area contributed by atoms with Gasteiger partial charge in [0.05, 0.1) is 12.3 Å². The summed E-state index contributed by atoms with van der Waals surface area (Å²) in [5.41, 5.74) is 0.790. The summed E-state index contributed by atoms with van der Waals surface area (Å²) in [4.78, 5) is 11.6. The Hall–Kier alpha value is -0.960. The van der Waals surface area contributed by atoms with E-state index in [1.54, 1.807) is 11.8 Å². The third kappa shape index (κ3) is 6.70. The Morgan fingerprint density at radius 3 is 3.06 bits per heavy atom. The van der Waals surface area contributed by atoms with Gasteiger partial charge in [-0.3, -0.25) is 4.79 Å². The van der Waals surface area contributed by atoms with Crippen LogP contribution in [-0.4, -0.2) is 30.5 Å². The minimum Gasteiger partial charge on any atom is -0.325 e. The lowest BCUT2D eigenvalue weighted by atomic mass is 10.3. The molecule has 1 amide bonds. The zero-order chi connectivity index (χ0) is 13.2. The molecule has 1 rings (SSSR count). The Labute approximate surface area is 120 Å². The van der Waals surface area contributed by atoms with E-state index in [-0.39, 0.29) is 5.91 Å². The van der Waals surface area contributed by atoms with Crippen LogP contribution in [0.2, 0.25) is 0 Å². The lowest BCUT2D eigenvalue weighted by molar-refractivity contribution is -0.115. The Morgan fingerprint density at radius 2 is 2.33 bits per heavy atom. The number of terminal acetylenes is 1. The van der Waals surface area contributed by atoms with Crippen molar-refractivity contribution in [3.63, 3.8) is 0 Å². The van der Waals surface area contributed by atoms with Crippen LogP contribution in [0.5, 0.6) is 0 Å². The average molecular weight is 327 g/mol. The monoisotopic (exact) mass is 326 g/mol. The summed E-state index contributed by atoms with van der Waals surface area (Å²) in [6.07, 6.45) is 5.13. The van der Waals surface area contributed by atoms with E-state index >= 15 is 0 Å². The molecule has 0 aliphatic rings. The maximum Gasteiger partial charge on any atom is 0.238 e. The summed E-state index contributed by atoms with van der Waals surface area (Å²) in [5.74, 6) is 4.14. The molecule has 96 valence electrons. The number of rotatable bonds is 7. The normalized spacial score (nSPS) is 9.78. The molecule has 0 aromatic heterocycles. The molecular formula is C13H15BrN2OS. The molecule has 0 spiro atoms. The number of amides is 1. The molecule has 0 aliphatic heterocycles. The number of thioether (sulfide) groups is 1. The van der Waals surface area contributed by atoms with E-state index in [1.165, 1.54) is 0 Å². The van der Waals surface area contributed by atoms with E-state index in [0.29, 0.717) is 12.3 Å². The molecule has 2 N–H and O–H groups in total. The SMILES string of the molecule is C#CCSCCNCC(=O)Nc1cccc(Br)c1. The van der Waals surface area contributed by atoms with Gasteiger partial charge in [-0.2, -0.15) is 0 Å². The van der Waals surface area contributed by atoms with Gasteiger partial charge in [-0.15, -0.1) is 18.2 Å². The van der Waals surface area contributed by atoms with E-state index < -0.39 is 0 Å². The van der Waals surface area contributed by atoms with Crippen LogP contribution in [0.3, 0.4) is 0 Å². The van der Waals surface area contributed by atoms with Gasteiger partial charge in [0.2, 0.25) is 5.91 Å². The second-order valence-electron chi connectivity index (χ2n) is 3.49. The zero-order valence-corrected chi connectivity index (χ0v) is 12.3. The van der Waals surface area contributed by atoms with Crippen molar-refractivity contribution in [2.45, 2.75) is 0 Å². The van der Waals surface area contributed by atoms with E-state index in [9.17, 15) is 4.79 Å². The molecule has 18 heavy (non-hydrogen) atoms. The van der Waals surface area contributed by atoms with E-state index in [4.69, 9.17) is 6.42 Å². The van der Waals surface area contributed by atoms with Crippen molar-refractivity contribution in [3.05, 3.63) is 28.7 Å². The lowest BCUT2D eigenvalue weighted by Gasteiger charge is -2.06. The predicted octanol–water partition coefficient (Wildman–Crippen LogP) is 2.34. The highest BCUT2D eigenvalue weighted by Gasteiger charge is 2.01. The maximum absolute atomic E-state index is 11.6. The van der Waals surface area contributed by atoms with Gasteiger partial charge >= 0.3 is 0 Å². The second kappa shape index (κ2) is 9.03. The van der Waals surface area contributed by atoms with Crippen molar-refractivity contribution in [1.29, 1.82) is 0 Å². The van der Waals surface area contributed by atoms with Crippen molar-refractivity contribution in [2.24, 2.45) is 0 Å². The van der Waals surface area contributed by atoms with Gasteiger partial charge < -0.3 is 10.6 Å². The number of carbonyl (C=O) groups is 1. The van der Waals surface area contributed by atoms with Crippen molar-refractivity contribution in [3.8, 4) is 12.3 Å². The Balaban J connectivity index is 2.16. The number of nitrogens with one attached hydrogen (secondary N) is 2. The molecule has 0 saturated heterocycles. The quantitative estimate of drug-likeness (QED) is 0.597. The third-order valence-corrected chi connectivity index (χ3v) is 3.36. The highest BCUT2D eigenvalue weighted by molar-refractivity contribution is 9.10. The summed E-state index contributed by atoms with van der Waals surface area (Å²) in [6.45, 7) is 1.08. The molecule has 1 aromatic rings. The highest BCUT2D eigenvalue weighted by atomic mass is 79.9. The van der Waals surface area contributed by atoms with Crippen LogP contribution in [0.4, 0.5) is 5.69 Å². The number of anilines is 1. The lowest BCUT2D eigenvalue weighted by Crippen LogP contribution is -2.29. The zero-order valence-electron chi connectivity index (χ0n) is 9.91.